The van der Waals surface area contributed by atoms with Crippen LogP contribution in [0.2, 0.25) is 0 Å². The van der Waals surface area contributed by atoms with Crippen molar-refractivity contribution in [1.29, 1.82) is 0 Å². The Hall–Kier alpha value is -3.98. The van der Waals surface area contributed by atoms with E-state index in [1.54, 1.807) is 0 Å². The molecule has 0 bridgehead atoms. The fraction of sp³-hybridized carbons (Fsp3) is 0.217. The molecule has 0 radical (unpaired) electrons. The Morgan fingerprint density at radius 1 is 1.12 bits per heavy atom. The van der Waals surface area contributed by atoms with Gasteiger partial charge in [-0.1, -0.05) is 24.3 Å². The number of nitrogens with one attached hydrogen (secondary N) is 3. The molecule has 4 aromatic rings. The number of nitrogens with two attached hydrogens (primary N) is 1. The number of rotatable bonds is 4. The minimum absolute atomic E-state index is 0.229. The molecule has 0 saturated carbocycles. The molecule has 1 aliphatic rings. The minimum atomic E-state index is -0.301. The summed E-state index contributed by atoms with van der Waals surface area (Å²) in [6.07, 6.45) is 2.46. The number of nitrogen functional groups attached to an aromatic ring is 1. The van der Waals surface area contributed by atoms with Crippen LogP contribution in [0.4, 0.5) is 22.0 Å². The van der Waals surface area contributed by atoms with Crippen molar-refractivity contribution in [3.8, 4) is 11.3 Å². The Balaban J connectivity index is 1.40. The number of nitrogens with zero attached hydrogens (tertiary/aromatic N) is 4. The van der Waals surface area contributed by atoms with Crippen molar-refractivity contribution in [3.05, 3.63) is 60.4 Å². The normalized spacial score (nSPS) is 15.7. The van der Waals surface area contributed by atoms with E-state index in [9.17, 15) is 4.79 Å². The number of hydrogen-bond donors (Lipinski definition) is 4. The zero-order valence-corrected chi connectivity index (χ0v) is 17.7. The van der Waals surface area contributed by atoms with Crippen LogP contribution in [0.5, 0.6) is 0 Å². The summed E-state index contributed by atoms with van der Waals surface area (Å²) in [6.45, 7) is 3.78. The van der Waals surface area contributed by atoms with E-state index < -0.39 is 0 Å². The van der Waals surface area contributed by atoms with Gasteiger partial charge in [0.1, 0.15) is 17.8 Å². The van der Waals surface area contributed by atoms with Crippen LogP contribution in [-0.2, 0) is 0 Å². The molecule has 2 aromatic heterocycles. The fourth-order valence-electron chi connectivity index (χ4n) is 4.03. The summed E-state index contributed by atoms with van der Waals surface area (Å²) in [7, 11) is 0. The standard InChI is InChI=1S/C23H24N8O/c1-14-3-2-4-17(11-14)29-23(32)28-16-7-5-15(6-8-16)20-19-21(24)26-13-27-22(19)31(30-20)18-9-10-25-12-18/h2-8,11,13,18,25H,9-10,12H2,1H3,(H2,24,26,27)(H2,28,29,32)/t18-/m0/s1. The number of amides is 2. The summed E-state index contributed by atoms with van der Waals surface area (Å²) in [5.41, 5.74) is 11.1. The van der Waals surface area contributed by atoms with Crippen molar-refractivity contribution in [2.75, 3.05) is 29.5 Å². The molecule has 162 valence electrons. The highest BCUT2D eigenvalue weighted by Crippen LogP contribution is 2.33. The molecule has 9 heteroatoms. The Kier molecular flexibility index (Phi) is 5.16. The summed E-state index contributed by atoms with van der Waals surface area (Å²) < 4.78 is 1.95. The van der Waals surface area contributed by atoms with Crippen LogP contribution < -0.4 is 21.7 Å². The second-order valence-corrected chi connectivity index (χ2v) is 7.92. The maximum atomic E-state index is 12.3. The van der Waals surface area contributed by atoms with Gasteiger partial charge in [0.2, 0.25) is 0 Å². The highest BCUT2D eigenvalue weighted by molar-refractivity contribution is 6.01. The Morgan fingerprint density at radius 3 is 2.69 bits per heavy atom. The number of benzene rings is 2. The van der Waals surface area contributed by atoms with Crippen molar-refractivity contribution in [3.63, 3.8) is 0 Å². The second-order valence-electron chi connectivity index (χ2n) is 7.92. The predicted octanol–water partition coefficient (Wildman–Crippen LogP) is 3.56. The smallest absolute Gasteiger partial charge is 0.323 e. The van der Waals surface area contributed by atoms with Gasteiger partial charge in [-0.25, -0.2) is 19.4 Å². The first-order chi connectivity index (χ1) is 15.6. The number of fused-ring (bicyclic) bond motifs is 1. The maximum Gasteiger partial charge on any atom is 0.323 e. The third kappa shape index (κ3) is 3.85. The maximum absolute atomic E-state index is 12.3. The summed E-state index contributed by atoms with van der Waals surface area (Å²) in [5.74, 6) is 0.405. The Labute approximate surface area is 185 Å². The first-order valence-electron chi connectivity index (χ1n) is 10.5. The molecule has 1 saturated heterocycles. The molecular weight excluding hydrogens is 404 g/mol. The summed E-state index contributed by atoms with van der Waals surface area (Å²) in [5, 5.41) is 14.7. The van der Waals surface area contributed by atoms with Crippen molar-refractivity contribution in [2.45, 2.75) is 19.4 Å². The summed E-state index contributed by atoms with van der Waals surface area (Å²) in [6, 6.07) is 15.1. The van der Waals surface area contributed by atoms with E-state index in [0.29, 0.717) is 11.5 Å². The van der Waals surface area contributed by atoms with Crippen LogP contribution in [0.1, 0.15) is 18.0 Å². The third-order valence-corrected chi connectivity index (χ3v) is 5.59. The zero-order chi connectivity index (χ0) is 22.1. The van der Waals surface area contributed by atoms with Gasteiger partial charge in [0.15, 0.2) is 5.65 Å². The van der Waals surface area contributed by atoms with Crippen LogP contribution in [0.25, 0.3) is 22.3 Å². The molecule has 3 heterocycles. The first kappa shape index (κ1) is 20.0. The van der Waals surface area contributed by atoms with Gasteiger partial charge in [0.05, 0.1) is 11.4 Å². The lowest BCUT2D eigenvalue weighted by molar-refractivity contribution is 0.262. The number of carbonyl (C=O) groups excluding carboxylic acids is 1. The van der Waals surface area contributed by atoms with Gasteiger partial charge >= 0.3 is 6.03 Å². The number of urea groups is 1. The molecule has 9 nitrogen and oxygen atoms in total. The number of carbonyl (C=O) groups is 1. The number of anilines is 3. The molecule has 0 unspecified atom stereocenters. The lowest BCUT2D eigenvalue weighted by Crippen LogP contribution is -2.19. The monoisotopic (exact) mass is 428 g/mol. The average Bonchev–Trinajstić information content (AvgIpc) is 3.43. The van der Waals surface area contributed by atoms with E-state index in [1.165, 1.54) is 6.33 Å². The zero-order valence-electron chi connectivity index (χ0n) is 17.7. The van der Waals surface area contributed by atoms with Crippen LogP contribution in [-0.4, -0.2) is 38.9 Å². The molecule has 1 aliphatic heterocycles. The van der Waals surface area contributed by atoms with E-state index in [2.05, 4.69) is 25.9 Å². The second kappa shape index (κ2) is 8.27. The molecule has 1 atom stereocenters. The molecule has 2 aromatic carbocycles. The van der Waals surface area contributed by atoms with Gasteiger partial charge in [0, 0.05) is 23.5 Å². The molecule has 0 aliphatic carbocycles. The van der Waals surface area contributed by atoms with Gasteiger partial charge in [-0.2, -0.15) is 5.10 Å². The Morgan fingerprint density at radius 2 is 1.94 bits per heavy atom. The van der Waals surface area contributed by atoms with Gasteiger partial charge in [-0.3, -0.25) is 0 Å². The first-order valence-corrected chi connectivity index (χ1v) is 10.5. The third-order valence-electron chi connectivity index (χ3n) is 5.59. The summed E-state index contributed by atoms with van der Waals surface area (Å²) >= 11 is 0. The average molecular weight is 429 g/mol. The van der Waals surface area contributed by atoms with E-state index >= 15 is 0 Å². The topological polar surface area (TPSA) is 123 Å². The van der Waals surface area contributed by atoms with Crippen LogP contribution >= 0.6 is 0 Å². The van der Waals surface area contributed by atoms with Crippen molar-refractivity contribution >= 4 is 34.3 Å². The number of aromatic nitrogens is 4. The van der Waals surface area contributed by atoms with Crippen LogP contribution in [0.3, 0.4) is 0 Å². The van der Waals surface area contributed by atoms with Gasteiger partial charge in [-0.15, -0.1) is 0 Å². The molecule has 2 amide bonds. The lowest BCUT2D eigenvalue weighted by atomic mass is 10.1. The highest BCUT2D eigenvalue weighted by Gasteiger charge is 2.24. The molecule has 1 fully saturated rings. The number of aryl methyl sites for hydroxylation is 1. The predicted molar refractivity (Wildman–Crippen MR) is 126 cm³/mol. The highest BCUT2D eigenvalue weighted by atomic mass is 16.2. The van der Waals surface area contributed by atoms with Gasteiger partial charge in [-0.05, 0) is 49.7 Å². The van der Waals surface area contributed by atoms with Crippen LogP contribution in [0.15, 0.2) is 54.9 Å². The van der Waals surface area contributed by atoms with Crippen molar-refractivity contribution in [1.82, 2.24) is 25.1 Å². The van der Waals surface area contributed by atoms with E-state index in [-0.39, 0.29) is 12.1 Å². The van der Waals surface area contributed by atoms with Gasteiger partial charge < -0.3 is 21.7 Å². The largest absolute Gasteiger partial charge is 0.383 e. The lowest BCUT2D eigenvalue weighted by Gasteiger charge is -2.09. The SMILES string of the molecule is Cc1cccc(NC(=O)Nc2ccc(-c3nn([C@H]4CCNC4)c4ncnc(N)c34)cc2)c1. The van der Waals surface area contributed by atoms with Crippen LogP contribution in [0, 0.1) is 6.92 Å². The fourth-order valence-corrected chi connectivity index (χ4v) is 4.03. The van der Waals surface area contributed by atoms with Gasteiger partial charge in [0.25, 0.3) is 0 Å². The van der Waals surface area contributed by atoms with Crippen molar-refractivity contribution < 1.29 is 4.79 Å². The molecular formula is C23H24N8O. The molecule has 0 spiro atoms. The van der Waals surface area contributed by atoms with E-state index in [1.807, 2.05) is 60.1 Å². The molecule has 32 heavy (non-hydrogen) atoms. The molecule has 5 N–H and O–H groups in total. The summed E-state index contributed by atoms with van der Waals surface area (Å²) in [4.78, 5) is 21.0. The van der Waals surface area contributed by atoms with Crippen molar-refractivity contribution in [2.24, 2.45) is 0 Å². The Bertz CT molecular complexity index is 1280. The van der Waals surface area contributed by atoms with E-state index in [4.69, 9.17) is 10.8 Å². The minimum Gasteiger partial charge on any atom is -0.383 e. The number of hydrogen-bond acceptors (Lipinski definition) is 6. The quantitative estimate of drug-likeness (QED) is 0.394. The molecule has 5 rings (SSSR count). The van der Waals surface area contributed by atoms with E-state index in [0.717, 1.165) is 53.1 Å².